The Hall–Kier alpha value is -0.340. The van der Waals surface area contributed by atoms with Crippen LogP contribution in [0.4, 0.5) is 0 Å². The van der Waals surface area contributed by atoms with Gasteiger partial charge < -0.3 is 10.5 Å². The van der Waals surface area contributed by atoms with Crippen molar-refractivity contribution in [3.8, 4) is 0 Å². The molecule has 0 aromatic heterocycles. The molecule has 64 valence electrons. The quantitative estimate of drug-likeness (QED) is 0.613. The summed E-state index contributed by atoms with van der Waals surface area (Å²) in [6.07, 6.45) is 4.63. The normalized spacial score (nSPS) is 26.6. The first-order chi connectivity index (χ1) is 5.33. The van der Waals surface area contributed by atoms with Crippen LogP contribution in [0.15, 0.2) is 12.2 Å². The zero-order valence-corrected chi connectivity index (χ0v) is 7.01. The van der Waals surface area contributed by atoms with Crippen molar-refractivity contribution >= 4 is 0 Å². The van der Waals surface area contributed by atoms with Crippen LogP contribution < -0.4 is 5.73 Å². The third-order valence-electron chi connectivity index (χ3n) is 2.12. The molecule has 0 bridgehead atoms. The van der Waals surface area contributed by atoms with Gasteiger partial charge in [0.1, 0.15) is 0 Å². The van der Waals surface area contributed by atoms with Crippen LogP contribution >= 0.6 is 0 Å². The Labute approximate surface area is 68.4 Å². The van der Waals surface area contributed by atoms with E-state index in [0.717, 1.165) is 38.8 Å². The average molecular weight is 155 g/mol. The molecule has 2 N–H and O–H groups in total. The van der Waals surface area contributed by atoms with Crippen LogP contribution in [0.5, 0.6) is 0 Å². The summed E-state index contributed by atoms with van der Waals surface area (Å²) < 4.78 is 5.57. The summed E-state index contributed by atoms with van der Waals surface area (Å²) in [4.78, 5) is 0. The fourth-order valence-electron chi connectivity index (χ4n) is 1.36. The molecule has 0 aliphatic carbocycles. The van der Waals surface area contributed by atoms with Crippen molar-refractivity contribution in [1.82, 2.24) is 0 Å². The van der Waals surface area contributed by atoms with Crippen molar-refractivity contribution in [1.29, 1.82) is 0 Å². The highest BCUT2D eigenvalue weighted by atomic mass is 16.5. The van der Waals surface area contributed by atoms with E-state index in [9.17, 15) is 0 Å². The van der Waals surface area contributed by atoms with Gasteiger partial charge in [-0.2, -0.15) is 0 Å². The minimum Gasteiger partial charge on any atom is -0.378 e. The van der Waals surface area contributed by atoms with Crippen molar-refractivity contribution in [2.45, 2.75) is 31.8 Å². The molecule has 1 aliphatic heterocycles. The smallest absolute Gasteiger partial charge is 0.0590 e. The van der Waals surface area contributed by atoms with Crippen molar-refractivity contribution in [2.75, 3.05) is 13.2 Å². The van der Waals surface area contributed by atoms with Gasteiger partial charge in [-0.1, -0.05) is 12.2 Å². The molecular weight excluding hydrogens is 138 g/mol. The van der Waals surface area contributed by atoms with Crippen molar-refractivity contribution in [3.05, 3.63) is 12.2 Å². The van der Waals surface area contributed by atoms with Gasteiger partial charge >= 0.3 is 0 Å². The number of hydrogen-bond donors (Lipinski definition) is 1. The molecule has 2 nitrogen and oxygen atoms in total. The minimum atomic E-state index is 0.388. The third-order valence-corrected chi connectivity index (χ3v) is 2.12. The number of ether oxygens (including phenoxy) is 1. The van der Waals surface area contributed by atoms with Gasteiger partial charge in [-0.3, -0.25) is 0 Å². The summed E-state index contributed by atoms with van der Waals surface area (Å²) in [7, 11) is 0. The van der Waals surface area contributed by atoms with Crippen LogP contribution in [0.2, 0.25) is 0 Å². The molecule has 1 saturated heterocycles. The van der Waals surface area contributed by atoms with E-state index in [2.05, 4.69) is 6.58 Å². The summed E-state index contributed by atoms with van der Waals surface area (Å²) in [5.41, 5.74) is 6.77. The lowest BCUT2D eigenvalue weighted by atomic mass is 10.1. The second kappa shape index (κ2) is 4.52. The largest absolute Gasteiger partial charge is 0.378 e. The lowest BCUT2D eigenvalue weighted by molar-refractivity contribution is 0.0551. The molecule has 0 aromatic carbocycles. The molecule has 1 unspecified atom stereocenters. The first-order valence-electron chi connectivity index (χ1n) is 4.31. The second-order valence-corrected chi connectivity index (χ2v) is 3.11. The Bertz CT molecular complexity index is 134. The Morgan fingerprint density at radius 3 is 3.09 bits per heavy atom. The van der Waals surface area contributed by atoms with Gasteiger partial charge in [0.15, 0.2) is 0 Å². The highest BCUT2D eigenvalue weighted by molar-refractivity contribution is 4.95. The van der Waals surface area contributed by atoms with Crippen LogP contribution in [0.25, 0.3) is 0 Å². The second-order valence-electron chi connectivity index (χ2n) is 3.11. The van der Waals surface area contributed by atoms with Crippen LogP contribution in [0.1, 0.15) is 25.7 Å². The Morgan fingerprint density at radius 1 is 1.55 bits per heavy atom. The van der Waals surface area contributed by atoms with Crippen LogP contribution in [0, 0.1) is 0 Å². The molecule has 1 atom stereocenters. The Balaban J connectivity index is 2.28. The summed E-state index contributed by atoms with van der Waals surface area (Å²) >= 11 is 0. The van der Waals surface area contributed by atoms with Crippen molar-refractivity contribution in [2.24, 2.45) is 5.73 Å². The van der Waals surface area contributed by atoms with Gasteiger partial charge in [-0.25, -0.2) is 0 Å². The maximum atomic E-state index is 5.57. The standard InChI is InChI=1S/C9H17NO/c1-8-2-3-9(4-6-10)11-7-5-8/h9H,1-7,10H2. The highest BCUT2D eigenvalue weighted by Gasteiger charge is 2.12. The molecule has 1 fully saturated rings. The molecule has 0 amide bonds. The van der Waals surface area contributed by atoms with E-state index < -0.39 is 0 Å². The van der Waals surface area contributed by atoms with Crippen LogP contribution in [0.3, 0.4) is 0 Å². The average Bonchev–Trinajstić information content (AvgIpc) is 2.17. The van der Waals surface area contributed by atoms with E-state index in [4.69, 9.17) is 10.5 Å². The first kappa shape index (κ1) is 8.75. The molecule has 2 heteroatoms. The summed E-state index contributed by atoms with van der Waals surface area (Å²) in [6.45, 7) is 5.53. The molecule has 1 rings (SSSR count). The van der Waals surface area contributed by atoms with Crippen molar-refractivity contribution in [3.63, 3.8) is 0 Å². The molecule has 11 heavy (non-hydrogen) atoms. The zero-order chi connectivity index (χ0) is 8.10. The topological polar surface area (TPSA) is 35.2 Å². The van der Waals surface area contributed by atoms with E-state index in [-0.39, 0.29) is 0 Å². The van der Waals surface area contributed by atoms with E-state index in [1.165, 1.54) is 5.57 Å². The maximum Gasteiger partial charge on any atom is 0.0590 e. The fraction of sp³-hybridized carbons (Fsp3) is 0.778. The third kappa shape index (κ3) is 3.04. The van der Waals surface area contributed by atoms with Gasteiger partial charge in [-0.05, 0) is 32.2 Å². The Morgan fingerprint density at radius 2 is 2.36 bits per heavy atom. The molecule has 1 heterocycles. The summed E-state index contributed by atoms with van der Waals surface area (Å²) in [5, 5.41) is 0. The summed E-state index contributed by atoms with van der Waals surface area (Å²) in [6, 6.07) is 0. The molecule has 1 aliphatic rings. The van der Waals surface area contributed by atoms with Gasteiger partial charge in [0, 0.05) is 0 Å². The summed E-state index contributed by atoms with van der Waals surface area (Å²) in [5.74, 6) is 0. The predicted octanol–water partition coefficient (Wildman–Crippen LogP) is 1.46. The molecule has 0 aromatic rings. The first-order valence-corrected chi connectivity index (χ1v) is 4.31. The van der Waals surface area contributed by atoms with E-state index in [0.29, 0.717) is 6.10 Å². The molecule has 0 spiro atoms. The zero-order valence-electron chi connectivity index (χ0n) is 7.01. The number of nitrogens with two attached hydrogens (primary N) is 1. The highest BCUT2D eigenvalue weighted by Crippen LogP contribution is 2.18. The minimum absolute atomic E-state index is 0.388. The maximum absolute atomic E-state index is 5.57. The van der Waals surface area contributed by atoms with Crippen molar-refractivity contribution < 1.29 is 4.74 Å². The lowest BCUT2D eigenvalue weighted by Crippen LogP contribution is -2.16. The van der Waals surface area contributed by atoms with Gasteiger partial charge in [-0.15, -0.1) is 0 Å². The Kier molecular flexibility index (Phi) is 3.60. The predicted molar refractivity (Wildman–Crippen MR) is 46.4 cm³/mol. The number of hydrogen-bond acceptors (Lipinski definition) is 2. The number of rotatable bonds is 2. The van der Waals surface area contributed by atoms with Gasteiger partial charge in [0.05, 0.1) is 12.7 Å². The molecular formula is C9H17NO. The van der Waals surface area contributed by atoms with Crippen LogP contribution in [-0.2, 0) is 4.74 Å². The molecule has 0 radical (unpaired) electrons. The monoisotopic (exact) mass is 155 g/mol. The van der Waals surface area contributed by atoms with Crippen LogP contribution in [-0.4, -0.2) is 19.3 Å². The van der Waals surface area contributed by atoms with E-state index >= 15 is 0 Å². The van der Waals surface area contributed by atoms with Gasteiger partial charge in [0.25, 0.3) is 0 Å². The molecule has 0 saturated carbocycles. The van der Waals surface area contributed by atoms with E-state index in [1.807, 2.05) is 0 Å². The van der Waals surface area contributed by atoms with Gasteiger partial charge in [0.2, 0.25) is 0 Å². The van der Waals surface area contributed by atoms with E-state index in [1.54, 1.807) is 0 Å². The lowest BCUT2D eigenvalue weighted by Gasteiger charge is -2.12. The SMILES string of the molecule is C=C1CCOC(CCN)CC1. The fourth-order valence-corrected chi connectivity index (χ4v) is 1.36.